The SMILES string of the molecule is COCCCN1C(=O)c2ccc(C(=O)OCC(=O)N(C)CCC#N)cc2C1=O. The molecular weight excluding hydrogens is 366 g/mol. The fourth-order valence-electron chi connectivity index (χ4n) is 2.65. The smallest absolute Gasteiger partial charge is 0.338 e. The molecule has 28 heavy (non-hydrogen) atoms. The van der Waals surface area contributed by atoms with Gasteiger partial charge in [0.05, 0.1) is 29.2 Å². The van der Waals surface area contributed by atoms with E-state index in [1.165, 1.54) is 37.3 Å². The van der Waals surface area contributed by atoms with Crippen molar-refractivity contribution in [3.05, 3.63) is 34.9 Å². The van der Waals surface area contributed by atoms with Crippen molar-refractivity contribution in [1.29, 1.82) is 5.26 Å². The zero-order chi connectivity index (χ0) is 20.7. The molecule has 0 aromatic heterocycles. The number of hydrogen-bond donors (Lipinski definition) is 0. The van der Waals surface area contributed by atoms with Gasteiger partial charge in [0.2, 0.25) is 0 Å². The monoisotopic (exact) mass is 387 g/mol. The quantitative estimate of drug-likeness (QED) is 0.350. The third-order valence-electron chi connectivity index (χ3n) is 4.25. The highest BCUT2D eigenvalue weighted by Crippen LogP contribution is 2.24. The van der Waals surface area contributed by atoms with E-state index in [9.17, 15) is 19.2 Å². The minimum Gasteiger partial charge on any atom is -0.452 e. The summed E-state index contributed by atoms with van der Waals surface area (Å²) in [5.41, 5.74) is 0.437. The van der Waals surface area contributed by atoms with Crippen molar-refractivity contribution >= 4 is 23.7 Å². The number of nitriles is 1. The standard InChI is InChI=1S/C19H21N3O6/c1-21(8-3-7-20)16(23)12-28-19(26)13-5-6-14-15(11-13)18(25)22(17(14)24)9-4-10-27-2/h5-6,11H,3-4,8-10,12H2,1-2H3. The number of fused-ring (bicyclic) bond motifs is 1. The van der Waals surface area contributed by atoms with Crippen molar-refractivity contribution in [2.45, 2.75) is 12.8 Å². The number of carbonyl (C=O) groups excluding carboxylic acids is 4. The Hall–Kier alpha value is -3.25. The first-order valence-electron chi connectivity index (χ1n) is 8.68. The molecule has 0 unspecified atom stereocenters. The number of likely N-dealkylation sites (N-methyl/N-ethyl adjacent to an activating group) is 1. The fourth-order valence-corrected chi connectivity index (χ4v) is 2.65. The molecule has 1 aromatic carbocycles. The van der Waals surface area contributed by atoms with Crippen LogP contribution >= 0.6 is 0 Å². The third kappa shape index (κ3) is 4.72. The molecule has 3 amide bonds. The van der Waals surface area contributed by atoms with Gasteiger partial charge in [0.1, 0.15) is 0 Å². The molecule has 0 radical (unpaired) electrons. The first-order chi connectivity index (χ1) is 13.4. The molecule has 0 spiro atoms. The predicted octanol–water partition coefficient (Wildman–Crippen LogP) is 0.848. The van der Waals surface area contributed by atoms with E-state index in [1.54, 1.807) is 0 Å². The lowest BCUT2D eigenvalue weighted by atomic mass is 10.1. The Bertz CT molecular complexity index is 829. The highest BCUT2D eigenvalue weighted by Gasteiger charge is 2.35. The molecule has 1 aliphatic rings. The van der Waals surface area contributed by atoms with Crippen LogP contribution in [0.1, 0.15) is 43.9 Å². The van der Waals surface area contributed by atoms with Crippen LogP contribution in [0.3, 0.4) is 0 Å². The van der Waals surface area contributed by atoms with Gasteiger partial charge in [-0.2, -0.15) is 5.26 Å². The van der Waals surface area contributed by atoms with E-state index in [1.807, 2.05) is 6.07 Å². The Morgan fingerprint density at radius 2 is 1.93 bits per heavy atom. The molecule has 0 bridgehead atoms. The van der Waals surface area contributed by atoms with Crippen molar-refractivity contribution in [3.63, 3.8) is 0 Å². The minimum absolute atomic E-state index is 0.0751. The molecule has 0 aliphatic carbocycles. The van der Waals surface area contributed by atoms with Gasteiger partial charge < -0.3 is 14.4 Å². The largest absolute Gasteiger partial charge is 0.452 e. The Morgan fingerprint density at radius 3 is 2.61 bits per heavy atom. The number of amides is 3. The van der Waals surface area contributed by atoms with E-state index in [0.717, 1.165) is 4.90 Å². The zero-order valence-corrected chi connectivity index (χ0v) is 15.8. The summed E-state index contributed by atoms with van der Waals surface area (Å²) < 4.78 is 9.91. The lowest BCUT2D eigenvalue weighted by Crippen LogP contribution is -2.32. The highest BCUT2D eigenvalue weighted by molar-refractivity contribution is 6.21. The molecule has 1 heterocycles. The van der Waals surface area contributed by atoms with Crippen LogP contribution in [0.15, 0.2) is 18.2 Å². The van der Waals surface area contributed by atoms with Crippen molar-refractivity contribution < 1.29 is 28.7 Å². The second-order valence-corrected chi connectivity index (χ2v) is 6.17. The van der Waals surface area contributed by atoms with Gasteiger partial charge in [-0.15, -0.1) is 0 Å². The summed E-state index contributed by atoms with van der Waals surface area (Å²) in [6.45, 7) is 0.403. The van der Waals surface area contributed by atoms with Gasteiger partial charge in [-0.1, -0.05) is 0 Å². The molecule has 1 aliphatic heterocycles. The van der Waals surface area contributed by atoms with Crippen molar-refractivity contribution in [1.82, 2.24) is 9.80 Å². The summed E-state index contributed by atoms with van der Waals surface area (Å²) in [5, 5.41) is 8.53. The summed E-state index contributed by atoms with van der Waals surface area (Å²) in [4.78, 5) is 51.3. The number of hydrogen-bond acceptors (Lipinski definition) is 7. The summed E-state index contributed by atoms with van der Waals surface area (Å²) >= 11 is 0. The van der Waals surface area contributed by atoms with Gasteiger partial charge in [-0.25, -0.2) is 4.79 Å². The number of carbonyl (C=O) groups is 4. The van der Waals surface area contributed by atoms with Gasteiger partial charge in [0, 0.05) is 33.9 Å². The first-order valence-corrected chi connectivity index (χ1v) is 8.68. The van der Waals surface area contributed by atoms with E-state index in [0.29, 0.717) is 13.0 Å². The normalized spacial score (nSPS) is 12.5. The van der Waals surface area contributed by atoms with E-state index in [2.05, 4.69) is 0 Å². The molecule has 0 atom stereocenters. The molecule has 2 rings (SSSR count). The number of rotatable bonds is 9. The van der Waals surface area contributed by atoms with E-state index < -0.39 is 30.3 Å². The molecular formula is C19H21N3O6. The molecule has 1 aromatic rings. The first kappa shape index (κ1) is 21.1. The summed E-state index contributed by atoms with van der Waals surface area (Å²) in [6.07, 6.45) is 0.691. The van der Waals surface area contributed by atoms with Gasteiger partial charge >= 0.3 is 5.97 Å². The van der Waals surface area contributed by atoms with Gasteiger partial charge in [-0.05, 0) is 24.6 Å². The lowest BCUT2D eigenvalue weighted by Gasteiger charge is -2.15. The molecule has 0 fully saturated rings. The number of benzene rings is 1. The number of nitrogens with zero attached hydrogens (tertiary/aromatic N) is 3. The number of esters is 1. The number of ether oxygens (including phenoxy) is 2. The highest BCUT2D eigenvalue weighted by atomic mass is 16.5. The van der Waals surface area contributed by atoms with Crippen LogP contribution in [-0.4, -0.2) is 74.0 Å². The fraction of sp³-hybridized carbons (Fsp3) is 0.421. The molecule has 0 saturated carbocycles. The van der Waals surface area contributed by atoms with Crippen molar-refractivity contribution in [2.24, 2.45) is 0 Å². The maximum absolute atomic E-state index is 12.5. The third-order valence-corrected chi connectivity index (χ3v) is 4.25. The summed E-state index contributed by atoms with van der Waals surface area (Å²) in [6, 6.07) is 6.02. The Kier molecular flexibility index (Phi) is 7.23. The zero-order valence-electron chi connectivity index (χ0n) is 15.8. The molecule has 9 heteroatoms. The van der Waals surface area contributed by atoms with E-state index in [-0.39, 0.29) is 36.2 Å². The van der Waals surface area contributed by atoms with Gasteiger partial charge in [0.25, 0.3) is 17.7 Å². The molecule has 148 valence electrons. The van der Waals surface area contributed by atoms with E-state index >= 15 is 0 Å². The Morgan fingerprint density at radius 1 is 1.21 bits per heavy atom. The molecule has 0 N–H and O–H groups in total. The molecule has 9 nitrogen and oxygen atoms in total. The minimum atomic E-state index is -0.775. The topological polar surface area (TPSA) is 117 Å². The van der Waals surface area contributed by atoms with Crippen LogP contribution in [0, 0.1) is 11.3 Å². The predicted molar refractivity (Wildman–Crippen MR) is 96.5 cm³/mol. The van der Waals surface area contributed by atoms with Crippen LogP contribution in [0.2, 0.25) is 0 Å². The van der Waals surface area contributed by atoms with Crippen LogP contribution < -0.4 is 0 Å². The van der Waals surface area contributed by atoms with Crippen LogP contribution in [-0.2, 0) is 14.3 Å². The molecule has 0 saturated heterocycles. The van der Waals surface area contributed by atoms with Crippen molar-refractivity contribution in [3.8, 4) is 6.07 Å². The Balaban J connectivity index is 2.01. The maximum Gasteiger partial charge on any atom is 0.338 e. The summed E-state index contributed by atoms with van der Waals surface area (Å²) in [7, 11) is 3.04. The second-order valence-electron chi connectivity index (χ2n) is 6.17. The van der Waals surface area contributed by atoms with Crippen LogP contribution in [0.4, 0.5) is 0 Å². The lowest BCUT2D eigenvalue weighted by molar-refractivity contribution is -0.133. The number of imide groups is 1. The van der Waals surface area contributed by atoms with Crippen LogP contribution in [0.25, 0.3) is 0 Å². The second kappa shape index (κ2) is 9.62. The number of methoxy groups -OCH3 is 1. The van der Waals surface area contributed by atoms with Gasteiger partial charge in [-0.3, -0.25) is 19.3 Å². The maximum atomic E-state index is 12.5. The average Bonchev–Trinajstić information content (AvgIpc) is 2.94. The Labute approximate surface area is 162 Å². The van der Waals surface area contributed by atoms with Gasteiger partial charge in [0.15, 0.2) is 6.61 Å². The van der Waals surface area contributed by atoms with Crippen molar-refractivity contribution in [2.75, 3.05) is 40.5 Å². The summed E-state index contributed by atoms with van der Waals surface area (Å²) in [5.74, 6) is -2.10. The van der Waals surface area contributed by atoms with Crippen LogP contribution in [0.5, 0.6) is 0 Å². The average molecular weight is 387 g/mol. The van der Waals surface area contributed by atoms with E-state index in [4.69, 9.17) is 14.7 Å².